The Hall–Kier alpha value is -2.69. The molecule has 2 aromatic carbocycles. The van der Waals surface area contributed by atoms with Gasteiger partial charge in [0.05, 0.1) is 0 Å². The first kappa shape index (κ1) is 17.7. The van der Waals surface area contributed by atoms with E-state index in [2.05, 4.69) is 5.32 Å². The third-order valence-electron chi connectivity index (χ3n) is 3.64. The molecule has 1 N–H and O–H groups in total. The zero-order valence-corrected chi connectivity index (χ0v) is 13.9. The lowest BCUT2D eigenvalue weighted by Gasteiger charge is -2.13. The molecule has 0 aliphatic heterocycles. The van der Waals surface area contributed by atoms with Crippen molar-refractivity contribution in [3.8, 4) is 0 Å². The number of hydrogen-bond donors (Lipinski definition) is 1. The van der Waals surface area contributed by atoms with Crippen LogP contribution in [-0.2, 0) is 4.79 Å². The van der Waals surface area contributed by atoms with E-state index in [1.807, 2.05) is 43.3 Å². The topological polar surface area (TPSA) is 49.4 Å². The molecule has 0 aromatic heterocycles. The number of ketones is 1. The number of benzene rings is 2. The molecule has 126 valence electrons. The third-order valence-corrected chi connectivity index (χ3v) is 3.64. The molecule has 4 nitrogen and oxygen atoms in total. The molecule has 0 aliphatic carbocycles. The predicted molar refractivity (Wildman–Crippen MR) is 94.0 cm³/mol. The quantitative estimate of drug-likeness (QED) is 0.785. The Morgan fingerprint density at radius 1 is 0.958 bits per heavy atom. The lowest BCUT2D eigenvalue weighted by atomic mass is 10.1. The summed E-state index contributed by atoms with van der Waals surface area (Å²) >= 11 is 0. The van der Waals surface area contributed by atoms with Gasteiger partial charge in [-0.25, -0.2) is 4.39 Å². The minimum atomic E-state index is -0.369. The maximum Gasteiger partial charge on any atom is 0.224 e. The van der Waals surface area contributed by atoms with Gasteiger partial charge < -0.3 is 10.2 Å². The van der Waals surface area contributed by atoms with Crippen LogP contribution in [0, 0.1) is 5.82 Å². The molecule has 0 saturated heterocycles. The van der Waals surface area contributed by atoms with Gasteiger partial charge >= 0.3 is 0 Å². The van der Waals surface area contributed by atoms with Crippen molar-refractivity contribution in [2.45, 2.75) is 19.3 Å². The van der Waals surface area contributed by atoms with Crippen molar-refractivity contribution in [3.05, 3.63) is 59.9 Å². The van der Waals surface area contributed by atoms with Crippen LogP contribution >= 0.6 is 0 Å². The SMILES string of the molecule is CN(C)c1ccc(NC(=O)CCCC(=O)c2ccc(F)cc2)cc1. The van der Waals surface area contributed by atoms with Gasteiger partial charge in [0.1, 0.15) is 5.82 Å². The van der Waals surface area contributed by atoms with E-state index < -0.39 is 0 Å². The van der Waals surface area contributed by atoms with Crippen molar-refractivity contribution in [1.29, 1.82) is 0 Å². The van der Waals surface area contributed by atoms with E-state index in [0.29, 0.717) is 12.0 Å². The largest absolute Gasteiger partial charge is 0.378 e. The molecule has 24 heavy (non-hydrogen) atoms. The molecular formula is C19H21FN2O2. The molecule has 0 radical (unpaired) electrons. The molecule has 0 bridgehead atoms. The number of rotatable bonds is 7. The van der Waals surface area contributed by atoms with E-state index in [1.165, 1.54) is 24.3 Å². The smallest absolute Gasteiger partial charge is 0.224 e. The molecule has 5 heteroatoms. The normalized spacial score (nSPS) is 10.3. The molecule has 2 aromatic rings. The van der Waals surface area contributed by atoms with Crippen molar-refractivity contribution >= 4 is 23.1 Å². The molecule has 0 atom stereocenters. The average molecular weight is 328 g/mol. The number of halogens is 1. The summed E-state index contributed by atoms with van der Waals surface area (Å²) in [6, 6.07) is 13.0. The van der Waals surface area contributed by atoms with E-state index in [4.69, 9.17) is 0 Å². The first-order valence-corrected chi connectivity index (χ1v) is 7.82. The van der Waals surface area contributed by atoms with Crippen molar-refractivity contribution < 1.29 is 14.0 Å². The van der Waals surface area contributed by atoms with Gasteiger partial charge in [0.25, 0.3) is 0 Å². The van der Waals surface area contributed by atoms with Crippen LogP contribution in [0.4, 0.5) is 15.8 Å². The van der Waals surface area contributed by atoms with Gasteiger partial charge in [-0.05, 0) is 55.0 Å². The van der Waals surface area contributed by atoms with Crippen LogP contribution in [0.15, 0.2) is 48.5 Å². The zero-order chi connectivity index (χ0) is 17.5. The number of anilines is 2. The number of carbonyl (C=O) groups excluding carboxylic acids is 2. The van der Waals surface area contributed by atoms with Crippen LogP contribution in [-0.4, -0.2) is 25.8 Å². The predicted octanol–water partition coefficient (Wildman–Crippen LogP) is 3.88. The van der Waals surface area contributed by atoms with Crippen molar-refractivity contribution in [1.82, 2.24) is 0 Å². The molecule has 0 fully saturated rings. The number of nitrogens with zero attached hydrogens (tertiary/aromatic N) is 1. The molecule has 0 spiro atoms. The molecular weight excluding hydrogens is 307 g/mol. The molecule has 0 saturated carbocycles. The zero-order valence-electron chi connectivity index (χ0n) is 13.9. The second-order valence-corrected chi connectivity index (χ2v) is 5.77. The first-order chi connectivity index (χ1) is 11.5. The summed E-state index contributed by atoms with van der Waals surface area (Å²) in [6.45, 7) is 0. The fraction of sp³-hybridized carbons (Fsp3) is 0.263. The number of carbonyl (C=O) groups is 2. The Morgan fingerprint density at radius 3 is 2.17 bits per heavy atom. The maximum absolute atomic E-state index is 12.8. The summed E-state index contributed by atoms with van der Waals surface area (Å²) in [6.07, 6.45) is 0.985. The number of nitrogens with one attached hydrogen (secondary N) is 1. The summed E-state index contributed by atoms with van der Waals surface area (Å²) in [5.74, 6) is -0.580. The van der Waals surface area contributed by atoms with Gasteiger partial charge in [-0.2, -0.15) is 0 Å². The van der Waals surface area contributed by atoms with Crippen LogP contribution < -0.4 is 10.2 Å². The monoisotopic (exact) mass is 328 g/mol. The van der Waals surface area contributed by atoms with Gasteiger partial charge in [0.15, 0.2) is 5.78 Å². The number of Topliss-reactive ketones (excluding diaryl/α,β-unsaturated/α-hetero) is 1. The lowest BCUT2D eigenvalue weighted by molar-refractivity contribution is -0.116. The van der Waals surface area contributed by atoms with E-state index in [-0.39, 0.29) is 30.3 Å². The first-order valence-electron chi connectivity index (χ1n) is 7.82. The van der Waals surface area contributed by atoms with Crippen LogP contribution in [0.3, 0.4) is 0 Å². The summed E-state index contributed by atoms with van der Waals surface area (Å²) in [5.41, 5.74) is 2.25. The second kappa shape index (κ2) is 8.24. The summed E-state index contributed by atoms with van der Waals surface area (Å²) in [4.78, 5) is 25.8. The van der Waals surface area contributed by atoms with Gasteiger partial charge in [0, 0.05) is 43.9 Å². The number of amides is 1. The van der Waals surface area contributed by atoms with E-state index in [9.17, 15) is 14.0 Å². The molecule has 0 aliphatic rings. The molecule has 2 rings (SSSR count). The van der Waals surface area contributed by atoms with E-state index in [1.54, 1.807) is 0 Å². The lowest BCUT2D eigenvalue weighted by Crippen LogP contribution is -2.12. The fourth-order valence-electron chi connectivity index (χ4n) is 2.26. The highest BCUT2D eigenvalue weighted by Gasteiger charge is 2.08. The third kappa shape index (κ3) is 5.19. The maximum atomic E-state index is 12.8. The Morgan fingerprint density at radius 2 is 1.58 bits per heavy atom. The van der Waals surface area contributed by atoms with Crippen LogP contribution in [0.1, 0.15) is 29.6 Å². The second-order valence-electron chi connectivity index (χ2n) is 5.77. The highest BCUT2D eigenvalue weighted by Crippen LogP contribution is 2.16. The van der Waals surface area contributed by atoms with Crippen molar-refractivity contribution in [2.24, 2.45) is 0 Å². The van der Waals surface area contributed by atoms with Crippen LogP contribution in [0.5, 0.6) is 0 Å². The van der Waals surface area contributed by atoms with Gasteiger partial charge in [-0.1, -0.05) is 0 Å². The number of hydrogen-bond acceptors (Lipinski definition) is 3. The van der Waals surface area contributed by atoms with Gasteiger partial charge in [-0.3, -0.25) is 9.59 Å². The van der Waals surface area contributed by atoms with Gasteiger partial charge in [-0.15, -0.1) is 0 Å². The highest BCUT2D eigenvalue weighted by molar-refractivity contribution is 5.96. The Kier molecular flexibility index (Phi) is 6.07. The van der Waals surface area contributed by atoms with E-state index >= 15 is 0 Å². The minimum Gasteiger partial charge on any atom is -0.378 e. The summed E-state index contributed by atoms with van der Waals surface area (Å²) < 4.78 is 12.8. The van der Waals surface area contributed by atoms with Crippen LogP contribution in [0.2, 0.25) is 0 Å². The summed E-state index contributed by atoms with van der Waals surface area (Å²) in [5, 5.41) is 2.81. The van der Waals surface area contributed by atoms with Crippen LogP contribution in [0.25, 0.3) is 0 Å². The minimum absolute atomic E-state index is 0.0851. The fourth-order valence-corrected chi connectivity index (χ4v) is 2.26. The van der Waals surface area contributed by atoms with E-state index in [0.717, 1.165) is 11.4 Å². The van der Waals surface area contributed by atoms with Crippen molar-refractivity contribution in [2.75, 3.05) is 24.3 Å². The highest BCUT2D eigenvalue weighted by atomic mass is 19.1. The average Bonchev–Trinajstić information content (AvgIpc) is 2.55. The van der Waals surface area contributed by atoms with Gasteiger partial charge in [0.2, 0.25) is 5.91 Å². The molecule has 0 heterocycles. The summed E-state index contributed by atoms with van der Waals surface area (Å²) in [7, 11) is 3.90. The molecule has 1 amide bonds. The Labute approximate surface area is 141 Å². The molecule has 0 unspecified atom stereocenters. The Bertz CT molecular complexity index is 694. The Balaban J connectivity index is 1.76. The van der Waals surface area contributed by atoms with Crippen molar-refractivity contribution in [3.63, 3.8) is 0 Å². The standard InChI is InChI=1S/C19H21FN2O2/c1-22(2)17-12-10-16(11-13-17)21-19(24)5-3-4-18(23)14-6-8-15(20)9-7-14/h6-13H,3-5H2,1-2H3,(H,21,24).